The quantitative estimate of drug-likeness (QED) is 0.782. The molecule has 1 aromatic rings. The first-order valence-corrected chi connectivity index (χ1v) is 6.03. The summed E-state index contributed by atoms with van der Waals surface area (Å²) >= 11 is 0. The maximum atomic E-state index is 5.35. The average Bonchev–Trinajstić information content (AvgIpc) is 2.38. The molecule has 2 atom stereocenters. The molecule has 0 saturated carbocycles. The first kappa shape index (κ1) is 14.4. The third-order valence-corrected chi connectivity index (χ3v) is 2.77. The number of benzene rings is 1. The van der Waals surface area contributed by atoms with Gasteiger partial charge in [-0.3, -0.25) is 0 Å². The van der Waals surface area contributed by atoms with Gasteiger partial charge in [0, 0.05) is 6.04 Å². The highest BCUT2D eigenvalue weighted by Gasteiger charge is 2.09. The molecule has 2 unspecified atom stereocenters. The molecule has 0 aliphatic rings. The van der Waals surface area contributed by atoms with Gasteiger partial charge in [0.05, 0.1) is 20.3 Å². The van der Waals surface area contributed by atoms with Crippen molar-refractivity contribution in [2.75, 3.05) is 14.2 Å². The van der Waals surface area contributed by atoms with Crippen LogP contribution in [0.1, 0.15) is 19.4 Å². The van der Waals surface area contributed by atoms with Crippen LogP contribution in [0.15, 0.2) is 18.2 Å². The maximum Gasteiger partial charge on any atom is 0.160 e. The summed E-state index contributed by atoms with van der Waals surface area (Å²) in [4.78, 5) is 0. The molecule has 0 bridgehead atoms. The average molecular weight is 247 g/mol. The van der Waals surface area contributed by atoms with Gasteiger partial charge < -0.3 is 14.8 Å². The van der Waals surface area contributed by atoms with E-state index >= 15 is 0 Å². The van der Waals surface area contributed by atoms with Crippen molar-refractivity contribution in [1.29, 1.82) is 0 Å². The predicted molar refractivity (Wildman–Crippen MR) is 74.1 cm³/mol. The molecule has 1 aromatic carbocycles. The van der Waals surface area contributed by atoms with E-state index in [4.69, 9.17) is 15.9 Å². The minimum absolute atomic E-state index is 0.0835. The molecular weight excluding hydrogens is 226 g/mol. The molecule has 3 heteroatoms. The van der Waals surface area contributed by atoms with Crippen LogP contribution in [0.5, 0.6) is 11.5 Å². The number of hydrogen-bond acceptors (Lipinski definition) is 3. The number of hydrogen-bond donors (Lipinski definition) is 1. The van der Waals surface area contributed by atoms with Gasteiger partial charge in [0.15, 0.2) is 11.5 Å². The Morgan fingerprint density at radius 1 is 1.22 bits per heavy atom. The Morgan fingerprint density at radius 3 is 2.44 bits per heavy atom. The lowest BCUT2D eigenvalue weighted by molar-refractivity contribution is 0.354. The normalized spacial score (nSPS) is 13.5. The van der Waals surface area contributed by atoms with Gasteiger partial charge in [0.2, 0.25) is 0 Å². The van der Waals surface area contributed by atoms with Gasteiger partial charge in [-0.25, -0.2) is 0 Å². The zero-order valence-electron chi connectivity index (χ0n) is 11.5. The molecule has 0 heterocycles. The molecule has 18 heavy (non-hydrogen) atoms. The minimum atomic E-state index is 0.0835. The molecule has 0 aliphatic heterocycles. The highest BCUT2D eigenvalue weighted by atomic mass is 16.5. The summed E-state index contributed by atoms with van der Waals surface area (Å²) in [7, 11) is 3.28. The largest absolute Gasteiger partial charge is 0.493 e. The number of ether oxygens (including phenoxy) is 2. The van der Waals surface area contributed by atoms with Crippen molar-refractivity contribution in [3.8, 4) is 23.8 Å². The number of nitrogens with one attached hydrogen (secondary N) is 1. The van der Waals surface area contributed by atoms with Crippen LogP contribution in [-0.2, 0) is 6.42 Å². The number of methoxy groups -OCH3 is 2. The van der Waals surface area contributed by atoms with E-state index in [1.165, 1.54) is 5.56 Å². The van der Waals surface area contributed by atoms with Crippen LogP contribution in [0.25, 0.3) is 0 Å². The zero-order valence-corrected chi connectivity index (χ0v) is 11.5. The van der Waals surface area contributed by atoms with Crippen molar-refractivity contribution in [2.45, 2.75) is 32.4 Å². The highest BCUT2D eigenvalue weighted by molar-refractivity contribution is 5.43. The maximum absolute atomic E-state index is 5.35. The number of rotatable bonds is 6. The van der Waals surface area contributed by atoms with E-state index in [0.29, 0.717) is 6.04 Å². The van der Waals surface area contributed by atoms with Gasteiger partial charge in [0.1, 0.15) is 0 Å². The fraction of sp³-hybridized carbons (Fsp3) is 0.467. The van der Waals surface area contributed by atoms with Gasteiger partial charge in [-0.05, 0) is 38.0 Å². The van der Waals surface area contributed by atoms with Crippen molar-refractivity contribution in [2.24, 2.45) is 0 Å². The van der Waals surface area contributed by atoms with Crippen molar-refractivity contribution >= 4 is 0 Å². The van der Waals surface area contributed by atoms with Gasteiger partial charge in [-0.2, -0.15) is 0 Å². The van der Waals surface area contributed by atoms with Crippen LogP contribution in [0.2, 0.25) is 0 Å². The van der Waals surface area contributed by atoms with Crippen molar-refractivity contribution in [3.63, 3.8) is 0 Å². The predicted octanol–water partition coefficient (Wildman–Crippen LogP) is 2.25. The molecule has 0 saturated heterocycles. The van der Waals surface area contributed by atoms with E-state index in [1.54, 1.807) is 14.2 Å². The van der Waals surface area contributed by atoms with E-state index in [2.05, 4.69) is 18.2 Å². The summed E-state index contributed by atoms with van der Waals surface area (Å²) in [5.41, 5.74) is 1.19. The summed E-state index contributed by atoms with van der Waals surface area (Å²) < 4.78 is 10.5. The first-order valence-electron chi connectivity index (χ1n) is 6.03. The third-order valence-electron chi connectivity index (χ3n) is 2.77. The molecule has 0 radical (unpaired) electrons. The van der Waals surface area contributed by atoms with E-state index in [-0.39, 0.29) is 6.04 Å². The van der Waals surface area contributed by atoms with Crippen LogP contribution >= 0.6 is 0 Å². The summed E-state index contributed by atoms with van der Waals surface area (Å²) in [6.07, 6.45) is 6.24. The summed E-state index contributed by atoms with van der Waals surface area (Å²) in [5.74, 6) is 4.17. The van der Waals surface area contributed by atoms with E-state index in [9.17, 15) is 0 Å². The molecule has 98 valence electrons. The second kappa shape index (κ2) is 6.93. The van der Waals surface area contributed by atoms with E-state index in [1.807, 2.05) is 25.1 Å². The Balaban J connectivity index is 2.70. The molecule has 0 fully saturated rings. The van der Waals surface area contributed by atoms with E-state index < -0.39 is 0 Å². The molecule has 0 aliphatic carbocycles. The summed E-state index contributed by atoms with van der Waals surface area (Å²) in [6.45, 7) is 4.09. The molecule has 1 N–H and O–H groups in total. The Kier molecular flexibility index (Phi) is 5.54. The zero-order chi connectivity index (χ0) is 13.5. The lowest BCUT2D eigenvalue weighted by Crippen LogP contribution is -2.34. The van der Waals surface area contributed by atoms with Gasteiger partial charge in [0.25, 0.3) is 0 Å². The molecule has 3 nitrogen and oxygen atoms in total. The van der Waals surface area contributed by atoms with Gasteiger partial charge >= 0.3 is 0 Å². The van der Waals surface area contributed by atoms with Crippen molar-refractivity contribution < 1.29 is 9.47 Å². The van der Waals surface area contributed by atoms with Crippen LogP contribution in [0, 0.1) is 12.3 Å². The Bertz CT molecular complexity index is 423. The topological polar surface area (TPSA) is 30.5 Å². The Hall–Kier alpha value is -1.66. The Morgan fingerprint density at radius 2 is 1.89 bits per heavy atom. The van der Waals surface area contributed by atoms with Crippen LogP contribution in [0.4, 0.5) is 0 Å². The highest BCUT2D eigenvalue weighted by Crippen LogP contribution is 2.27. The number of terminal acetylenes is 1. The second-order valence-electron chi connectivity index (χ2n) is 4.35. The minimum Gasteiger partial charge on any atom is -0.493 e. The molecule has 0 aromatic heterocycles. The smallest absolute Gasteiger partial charge is 0.160 e. The lowest BCUT2D eigenvalue weighted by atomic mass is 10.1. The second-order valence-corrected chi connectivity index (χ2v) is 4.35. The van der Waals surface area contributed by atoms with Crippen molar-refractivity contribution in [3.05, 3.63) is 23.8 Å². The monoisotopic (exact) mass is 247 g/mol. The fourth-order valence-electron chi connectivity index (χ4n) is 1.89. The third kappa shape index (κ3) is 3.97. The van der Waals surface area contributed by atoms with Crippen LogP contribution in [-0.4, -0.2) is 26.3 Å². The van der Waals surface area contributed by atoms with Crippen molar-refractivity contribution in [1.82, 2.24) is 5.32 Å². The van der Waals surface area contributed by atoms with Gasteiger partial charge in [-0.15, -0.1) is 6.42 Å². The molecule has 1 rings (SSSR count). The molecular formula is C15H21NO2. The van der Waals surface area contributed by atoms with Crippen LogP contribution in [0.3, 0.4) is 0 Å². The van der Waals surface area contributed by atoms with Gasteiger partial charge in [-0.1, -0.05) is 12.0 Å². The van der Waals surface area contributed by atoms with E-state index in [0.717, 1.165) is 17.9 Å². The first-order chi connectivity index (χ1) is 8.60. The summed E-state index contributed by atoms with van der Waals surface area (Å²) in [6, 6.07) is 6.36. The van der Waals surface area contributed by atoms with Crippen LogP contribution < -0.4 is 14.8 Å². The molecule has 0 spiro atoms. The summed E-state index contributed by atoms with van der Waals surface area (Å²) in [5, 5.41) is 3.34. The Labute approximate surface area is 109 Å². The fourth-order valence-corrected chi connectivity index (χ4v) is 1.89. The molecule has 0 amide bonds. The standard InChI is InChI=1S/C15H21NO2/c1-6-11(2)16-12(3)9-13-7-8-14(17-4)15(10-13)18-5/h1,7-8,10-12,16H,9H2,2-5H3. The lowest BCUT2D eigenvalue weighted by Gasteiger charge is -2.17. The SMILES string of the molecule is C#CC(C)NC(C)Cc1ccc(OC)c(OC)c1.